The molecule has 8 heteroatoms. The smallest absolute Gasteiger partial charge is 0.340 e. The van der Waals surface area contributed by atoms with Gasteiger partial charge in [-0.25, -0.2) is 4.79 Å². The van der Waals surface area contributed by atoms with Gasteiger partial charge in [-0.2, -0.15) is 10.2 Å². The maximum atomic E-state index is 12.9. The molecule has 0 radical (unpaired) electrons. The fraction of sp³-hybridized carbons (Fsp3) is 0.286. The number of non-ortho nitro benzene ring substituents is 1. The van der Waals surface area contributed by atoms with E-state index < -0.39 is 22.0 Å². The fourth-order valence-electron chi connectivity index (χ4n) is 3.40. The van der Waals surface area contributed by atoms with Gasteiger partial charge in [0.15, 0.2) is 0 Å². The van der Waals surface area contributed by atoms with Crippen LogP contribution in [0, 0.1) is 10.1 Å². The van der Waals surface area contributed by atoms with E-state index in [4.69, 9.17) is 16.3 Å². The molecule has 0 N–H and O–H groups in total. The van der Waals surface area contributed by atoms with Crippen molar-refractivity contribution in [2.45, 2.75) is 31.3 Å². The second-order valence-corrected chi connectivity index (χ2v) is 7.76. The van der Waals surface area contributed by atoms with Gasteiger partial charge in [-0.1, -0.05) is 41.9 Å². The lowest BCUT2D eigenvalue weighted by molar-refractivity contribution is -0.384. The molecule has 150 valence electrons. The Labute approximate surface area is 173 Å². The number of rotatable bonds is 5. The van der Waals surface area contributed by atoms with Crippen LogP contribution < -0.4 is 0 Å². The molecule has 29 heavy (non-hydrogen) atoms. The first-order chi connectivity index (χ1) is 13.7. The Kier molecular flexibility index (Phi) is 5.53. The third-order valence-corrected chi connectivity index (χ3v) is 5.14. The molecule has 0 fully saturated rings. The highest BCUT2D eigenvalue weighted by Gasteiger charge is 2.53. The fourth-order valence-corrected chi connectivity index (χ4v) is 3.53. The number of methoxy groups -OCH3 is 1. The van der Waals surface area contributed by atoms with Crippen LogP contribution in [0.4, 0.5) is 5.69 Å². The predicted molar refractivity (Wildman–Crippen MR) is 110 cm³/mol. The molecule has 1 heterocycles. The van der Waals surface area contributed by atoms with E-state index in [2.05, 4.69) is 10.2 Å². The first-order valence-electron chi connectivity index (χ1n) is 8.92. The SMILES string of the molecule is COC(=O)[C@@]1(Cc2ccc([N+](=O)[O-])cc2)N=NC(C)(C)/C1=C/c1ccc(Cl)cc1. The summed E-state index contributed by atoms with van der Waals surface area (Å²) in [6, 6.07) is 13.3. The molecule has 7 nitrogen and oxygen atoms in total. The van der Waals surface area contributed by atoms with Gasteiger partial charge in [0.05, 0.1) is 12.0 Å². The molecule has 0 aliphatic carbocycles. The lowest BCUT2D eigenvalue weighted by Gasteiger charge is -2.28. The largest absolute Gasteiger partial charge is 0.467 e. The van der Waals surface area contributed by atoms with Gasteiger partial charge in [0.1, 0.15) is 5.54 Å². The Morgan fingerprint density at radius 1 is 1.14 bits per heavy atom. The van der Waals surface area contributed by atoms with Gasteiger partial charge >= 0.3 is 5.97 Å². The van der Waals surface area contributed by atoms with Crippen molar-refractivity contribution in [3.05, 3.63) is 80.4 Å². The van der Waals surface area contributed by atoms with Crippen LogP contribution in [0.25, 0.3) is 6.08 Å². The second-order valence-electron chi connectivity index (χ2n) is 7.32. The maximum absolute atomic E-state index is 12.9. The van der Waals surface area contributed by atoms with Gasteiger partial charge in [0.25, 0.3) is 5.69 Å². The summed E-state index contributed by atoms with van der Waals surface area (Å²) in [4.78, 5) is 23.4. The highest BCUT2D eigenvalue weighted by Crippen LogP contribution is 2.44. The van der Waals surface area contributed by atoms with Crippen LogP contribution >= 0.6 is 11.6 Å². The van der Waals surface area contributed by atoms with E-state index in [0.29, 0.717) is 16.2 Å². The summed E-state index contributed by atoms with van der Waals surface area (Å²) in [5, 5.41) is 20.2. The van der Waals surface area contributed by atoms with E-state index in [1.165, 1.54) is 19.2 Å². The summed E-state index contributed by atoms with van der Waals surface area (Å²) < 4.78 is 5.09. The van der Waals surface area contributed by atoms with Gasteiger partial charge < -0.3 is 4.74 Å². The van der Waals surface area contributed by atoms with Crippen LogP contribution in [0.1, 0.15) is 25.0 Å². The molecule has 0 amide bonds. The van der Waals surface area contributed by atoms with Crippen molar-refractivity contribution in [1.29, 1.82) is 0 Å². The summed E-state index contributed by atoms with van der Waals surface area (Å²) in [6.07, 6.45) is 2.04. The number of carbonyl (C=O) groups excluding carboxylic acids is 1. The highest BCUT2D eigenvalue weighted by molar-refractivity contribution is 6.30. The highest BCUT2D eigenvalue weighted by atomic mass is 35.5. The molecule has 0 saturated heterocycles. The number of carbonyl (C=O) groups is 1. The first-order valence-corrected chi connectivity index (χ1v) is 9.30. The van der Waals surface area contributed by atoms with Crippen molar-refractivity contribution in [2.75, 3.05) is 7.11 Å². The van der Waals surface area contributed by atoms with E-state index in [9.17, 15) is 14.9 Å². The van der Waals surface area contributed by atoms with E-state index in [1.54, 1.807) is 24.3 Å². The van der Waals surface area contributed by atoms with Crippen LogP contribution in [-0.4, -0.2) is 29.1 Å². The predicted octanol–water partition coefficient (Wildman–Crippen LogP) is 5.03. The van der Waals surface area contributed by atoms with Gasteiger partial charge in [0.2, 0.25) is 5.54 Å². The summed E-state index contributed by atoms with van der Waals surface area (Å²) in [6.45, 7) is 3.75. The number of nitro benzene ring substituents is 1. The molecule has 3 rings (SSSR count). The van der Waals surface area contributed by atoms with Crippen molar-refractivity contribution in [3.63, 3.8) is 0 Å². The Hall–Kier alpha value is -3.06. The molecule has 2 aromatic rings. The average Bonchev–Trinajstić information content (AvgIpc) is 2.95. The quantitative estimate of drug-likeness (QED) is 0.390. The number of hydrogen-bond acceptors (Lipinski definition) is 6. The Morgan fingerprint density at radius 2 is 1.76 bits per heavy atom. The number of azo groups is 1. The molecule has 2 aromatic carbocycles. The molecule has 0 spiro atoms. The van der Waals surface area contributed by atoms with E-state index in [-0.39, 0.29) is 12.1 Å². The molecule has 0 aromatic heterocycles. The van der Waals surface area contributed by atoms with Crippen LogP contribution in [0.3, 0.4) is 0 Å². The molecule has 0 unspecified atom stereocenters. The topological polar surface area (TPSA) is 94.2 Å². The zero-order valence-electron chi connectivity index (χ0n) is 16.3. The lowest BCUT2D eigenvalue weighted by atomic mass is 9.76. The minimum Gasteiger partial charge on any atom is -0.467 e. The number of ether oxygens (including phenoxy) is 1. The summed E-state index contributed by atoms with van der Waals surface area (Å²) in [5.74, 6) is -0.537. The van der Waals surface area contributed by atoms with Crippen molar-refractivity contribution in [3.8, 4) is 0 Å². The molecule has 0 saturated carbocycles. The van der Waals surface area contributed by atoms with Crippen LogP contribution in [-0.2, 0) is 16.0 Å². The number of halogens is 1. The zero-order chi connectivity index (χ0) is 21.2. The Bertz CT molecular complexity index is 998. The van der Waals surface area contributed by atoms with Crippen LogP contribution in [0.15, 0.2) is 64.3 Å². The maximum Gasteiger partial charge on any atom is 0.340 e. The van der Waals surface area contributed by atoms with E-state index in [0.717, 1.165) is 5.56 Å². The molecule has 0 bridgehead atoms. The van der Waals surface area contributed by atoms with Gasteiger partial charge in [-0.15, -0.1) is 0 Å². The third-order valence-electron chi connectivity index (χ3n) is 4.89. The summed E-state index contributed by atoms with van der Waals surface area (Å²) >= 11 is 5.98. The second kappa shape index (κ2) is 7.75. The van der Waals surface area contributed by atoms with Crippen molar-refractivity contribution >= 4 is 29.3 Å². The number of hydrogen-bond donors (Lipinski definition) is 0. The van der Waals surface area contributed by atoms with E-state index in [1.807, 2.05) is 32.1 Å². The third kappa shape index (κ3) is 4.05. The minimum atomic E-state index is -1.35. The van der Waals surface area contributed by atoms with Crippen LogP contribution in [0.5, 0.6) is 0 Å². The normalized spacial score (nSPS) is 21.3. The first kappa shape index (κ1) is 20.7. The van der Waals surface area contributed by atoms with Gasteiger partial charge in [-0.05, 0) is 42.7 Å². The summed E-state index contributed by atoms with van der Waals surface area (Å²) in [5.41, 5.74) is 0.132. The van der Waals surface area contributed by atoms with Crippen molar-refractivity contribution in [1.82, 2.24) is 0 Å². The molecular weight excluding hydrogens is 394 g/mol. The monoisotopic (exact) mass is 413 g/mol. The van der Waals surface area contributed by atoms with E-state index >= 15 is 0 Å². The molecule has 1 aliphatic rings. The van der Waals surface area contributed by atoms with Gasteiger partial charge in [-0.3, -0.25) is 10.1 Å². The number of esters is 1. The van der Waals surface area contributed by atoms with Crippen LogP contribution in [0.2, 0.25) is 5.02 Å². The zero-order valence-corrected chi connectivity index (χ0v) is 17.0. The molecule has 1 atom stereocenters. The average molecular weight is 414 g/mol. The minimum absolute atomic E-state index is 0.0221. The Balaban J connectivity index is 2.09. The van der Waals surface area contributed by atoms with Gasteiger partial charge in [0, 0.05) is 23.6 Å². The van der Waals surface area contributed by atoms with Crippen molar-refractivity contribution in [2.24, 2.45) is 10.2 Å². The number of nitrogens with zero attached hydrogens (tertiary/aromatic N) is 3. The summed E-state index contributed by atoms with van der Waals surface area (Å²) in [7, 11) is 1.31. The van der Waals surface area contributed by atoms with Crippen molar-refractivity contribution < 1.29 is 14.5 Å². The lowest BCUT2D eigenvalue weighted by Crippen LogP contribution is -2.43. The standard InChI is InChI=1S/C21H20ClN3O4/c1-20(2)18(12-14-4-8-16(22)9-5-14)21(24-23-20,19(26)29-3)13-15-6-10-17(11-7-15)25(27)28/h4-12H,13H2,1-3H3/b18-12-/t21-/m0/s1. The molecule has 1 aliphatic heterocycles. The number of nitro groups is 1. The Morgan fingerprint density at radius 3 is 2.31 bits per heavy atom. The molecular formula is C21H20ClN3O4. The number of benzene rings is 2.